The van der Waals surface area contributed by atoms with Gasteiger partial charge in [-0.2, -0.15) is 0 Å². The highest BCUT2D eigenvalue weighted by atomic mass is 16.3. The van der Waals surface area contributed by atoms with Gasteiger partial charge in [0.05, 0.1) is 18.5 Å². The third-order valence-corrected chi connectivity index (χ3v) is 3.57. The third kappa shape index (κ3) is 3.39. The molecule has 4 nitrogen and oxygen atoms in total. The van der Waals surface area contributed by atoms with Gasteiger partial charge in [-0.25, -0.2) is 4.98 Å². The maximum Gasteiger partial charge on any atom is 0.129 e. The molecule has 2 aromatic rings. The first-order chi connectivity index (χ1) is 9.85. The van der Waals surface area contributed by atoms with E-state index in [4.69, 9.17) is 9.40 Å². The second-order valence-corrected chi connectivity index (χ2v) is 5.24. The van der Waals surface area contributed by atoms with Crippen LogP contribution in [0.25, 0.3) is 0 Å². The Morgan fingerprint density at radius 3 is 2.90 bits per heavy atom. The fourth-order valence-electron chi connectivity index (χ4n) is 2.22. The Bertz CT molecular complexity index is 534. The lowest BCUT2D eigenvalue weighted by Crippen LogP contribution is -2.24. The largest absolute Gasteiger partial charge is 0.467 e. The van der Waals surface area contributed by atoms with Crippen molar-refractivity contribution in [3.63, 3.8) is 0 Å². The summed E-state index contributed by atoms with van der Waals surface area (Å²) in [7, 11) is 0. The highest BCUT2D eigenvalue weighted by Gasteiger charge is 2.20. The summed E-state index contributed by atoms with van der Waals surface area (Å²) in [6.45, 7) is 4.67. The number of hydrogen-bond donors (Lipinski definition) is 1. The summed E-state index contributed by atoms with van der Waals surface area (Å²) >= 11 is 0. The topological polar surface area (TPSA) is 41.3 Å². The fourth-order valence-corrected chi connectivity index (χ4v) is 2.22. The van der Waals surface area contributed by atoms with Crippen LogP contribution in [-0.2, 0) is 13.1 Å². The van der Waals surface area contributed by atoms with Crippen LogP contribution in [0.4, 0.5) is 5.82 Å². The number of nitrogens with one attached hydrogen (secondary N) is 1. The van der Waals surface area contributed by atoms with Crippen molar-refractivity contribution in [3.8, 4) is 0 Å². The Morgan fingerprint density at radius 2 is 2.20 bits per heavy atom. The van der Waals surface area contributed by atoms with Gasteiger partial charge in [0.2, 0.25) is 0 Å². The summed E-state index contributed by atoms with van der Waals surface area (Å²) in [5.74, 6) is 1.98. The Morgan fingerprint density at radius 1 is 1.30 bits per heavy atom. The molecule has 1 saturated carbocycles. The van der Waals surface area contributed by atoms with Gasteiger partial charge >= 0.3 is 0 Å². The SMILES string of the molecule is CCN(Cc1ccco1)c1cccc(CNC2CC2)n1. The molecule has 0 unspecified atom stereocenters. The average molecular weight is 271 g/mol. The van der Waals surface area contributed by atoms with E-state index in [9.17, 15) is 0 Å². The quantitative estimate of drug-likeness (QED) is 0.840. The predicted molar refractivity (Wildman–Crippen MR) is 79.5 cm³/mol. The van der Waals surface area contributed by atoms with Gasteiger partial charge in [-0.05, 0) is 44.0 Å². The van der Waals surface area contributed by atoms with Crippen LogP contribution >= 0.6 is 0 Å². The minimum atomic E-state index is 0.714. The van der Waals surface area contributed by atoms with E-state index >= 15 is 0 Å². The molecule has 0 aliphatic heterocycles. The lowest BCUT2D eigenvalue weighted by atomic mass is 10.3. The van der Waals surface area contributed by atoms with Gasteiger partial charge < -0.3 is 14.6 Å². The Kier molecular flexibility index (Phi) is 4.02. The maximum atomic E-state index is 5.42. The molecule has 0 saturated heterocycles. The minimum Gasteiger partial charge on any atom is -0.467 e. The van der Waals surface area contributed by atoms with E-state index in [0.717, 1.165) is 36.9 Å². The van der Waals surface area contributed by atoms with Gasteiger partial charge in [0, 0.05) is 19.1 Å². The lowest BCUT2D eigenvalue weighted by molar-refractivity contribution is 0.502. The van der Waals surface area contributed by atoms with Gasteiger partial charge in [-0.1, -0.05) is 6.07 Å². The van der Waals surface area contributed by atoms with Crippen molar-refractivity contribution in [2.75, 3.05) is 11.4 Å². The molecule has 2 heterocycles. The van der Waals surface area contributed by atoms with Crippen molar-refractivity contribution < 1.29 is 4.42 Å². The number of rotatable bonds is 7. The first kappa shape index (κ1) is 13.2. The predicted octanol–water partition coefficient (Wildman–Crippen LogP) is 2.95. The molecular formula is C16H21N3O. The molecule has 0 atom stereocenters. The van der Waals surface area contributed by atoms with E-state index in [1.165, 1.54) is 12.8 Å². The molecule has 0 bridgehead atoms. The molecule has 0 aromatic carbocycles. The van der Waals surface area contributed by atoms with Crippen LogP contribution in [0.2, 0.25) is 0 Å². The van der Waals surface area contributed by atoms with Gasteiger partial charge in [0.1, 0.15) is 11.6 Å². The summed E-state index contributed by atoms with van der Waals surface area (Å²) in [4.78, 5) is 6.97. The fraction of sp³-hybridized carbons (Fsp3) is 0.438. The number of pyridine rings is 1. The first-order valence-electron chi connectivity index (χ1n) is 7.32. The van der Waals surface area contributed by atoms with Crippen molar-refractivity contribution in [1.29, 1.82) is 0 Å². The van der Waals surface area contributed by atoms with E-state index in [1.54, 1.807) is 6.26 Å². The molecule has 1 fully saturated rings. The molecule has 2 aromatic heterocycles. The smallest absolute Gasteiger partial charge is 0.129 e. The standard InChI is InChI=1S/C16H21N3O/c1-2-19(12-15-6-4-10-20-15)16-7-3-5-14(18-16)11-17-13-8-9-13/h3-7,10,13,17H,2,8-9,11-12H2,1H3. The van der Waals surface area contributed by atoms with Crippen molar-refractivity contribution in [2.24, 2.45) is 0 Å². The highest BCUT2D eigenvalue weighted by molar-refractivity contribution is 5.39. The molecule has 3 rings (SSSR count). The Hall–Kier alpha value is -1.81. The molecule has 1 aliphatic carbocycles. The molecule has 20 heavy (non-hydrogen) atoms. The zero-order chi connectivity index (χ0) is 13.8. The summed E-state index contributed by atoms with van der Waals surface area (Å²) in [6, 6.07) is 10.9. The van der Waals surface area contributed by atoms with Crippen LogP contribution in [0, 0.1) is 0 Å². The zero-order valence-electron chi connectivity index (χ0n) is 11.9. The van der Waals surface area contributed by atoms with Gasteiger partial charge in [0.25, 0.3) is 0 Å². The number of anilines is 1. The number of furan rings is 1. The zero-order valence-corrected chi connectivity index (χ0v) is 11.9. The van der Waals surface area contributed by atoms with Crippen LogP contribution in [0.3, 0.4) is 0 Å². The van der Waals surface area contributed by atoms with Crippen LogP contribution in [0.5, 0.6) is 0 Å². The molecular weight excluding hydrogens is 250 g/mol. The summed E-state index contributed by atoms with van der Waals surface area (Å²) in [5, 5.41) is 3.50. The van der Waals surface area contributed by atoms with Crippen LogP contribution in [0.1, 0.15) is 31.2 Å². The van der Waals surface area contributed by atoms with Crippen molar-refractivity contribution >= 4 is 5.82 Å². The average Bonchev–Trinajstić information content (AvgIpc) is 3.18. The second-order valence-electron chi connectivity index (χ2n) is 5.24. The lowest BCUT2D eigenvalue weighted by Gasteiger charge is -2.21. The Labute approximate surface area is 119 Å². The molecule has 0 amide bonds. The summed E-state index contributed by atoms with van der Waals surface area (Å²) in [5.41, 5.74) is 1.10. The van der Waals surface area contributed by atoms with Crippen molar-refractivity contribution in [3.05, 3.63) is 48.0 Å². The Balaban J connectivity index is 1.67. The van der Waals surface area contributed by atoms with E-state index in [-0.39, 0.29) is 0 Å². The van der Waals surface area contributed by atoms with E-state index in [2.05, 4.69) is 35.3 Å². The molecule has 1 aliphatic rings. The van der Waals surface area contributed by atoms with Gasteiger partial charge in [-0.15, -0.1) is 0 Å². The molecule has 0 spiro atoms. The number of nitrogens with zero attached hydrogens (tertiary/aromatic N) is 2. The van der Waals surface area contributed by atoms with Crippen molar-refractivity contribution in [2.45, 2.75) is 38.9 Å². The molecule has 0 radical (unpaired) electrons. The summed E-state index contributed by atoms with van der Waals surface area (Å²) in [6.07, 6.45) is 4.32. The third-order valence-electron chi connectivity index (χ3n) is 3.57. The van der Waals surface area contributed by atoms with E-state index < -0.39 is 0 Å². The number of hydrogen-bond acceptors (Lipinski definition) is 4. The van der Waals surface area contributed by atoms with E-state index in [1.807, 2.05) is 12.1 Å². The maximum absolute atomic E-state index is 5.42. The molecule has 1 N–H and O–H groups in total. The molecule has 4 heteroatoms. The minimum absolute atomic E-state index is 0.714. The number of aromatic nitrogens is 1. The second kappa shape index (κ2) is 6.09. The molecule has 106 valence electrons. The van der Waals surface area contributed by atoms with Gasteiger partial charge in [0.15, 0.2) is 0 Å². The highest BCUT2D eigenvalue weighted by Crippen LogP contribution is 2.20. The first-order valence-corrected chi connectivity index (χ1v) is 7.32. The van der Waals surface area contributed by atoms with Crippen molar-refractivity contribution in [1.82, 2.24) is 10.3 Å². The summed E-state index contributed by atoms with van der Waals surface area (Å²) < 4.78 is 5.42. The monoisotopic (exact) mass is 271 g/mol. The van der Waals surface area contributed by atoms with Crippen LogP contribution in [-0.4, -0.2) is 17.6 Å². The van der Waals surface area contributed by atoms with E-state index in [0.29, 0.717) is 6.04 Å². The normalized spacial score (nSPS) is 14.4. The van der Waals surface area contributed by atoms with Gasteiger partial charge in [-0.3, -0.25) is 0 Å². The van der Waals surface area contributed by atoms with Crippen LogP contribution < -0.4 is 10.2 Å². The van der Waals surface area contributed by atoms with Crippen LogP contribution in [0.15, 0.2) is 41.0 Å².